The molecule has 6 nitrogen and oxygen atoms in total. The predicted octanol–water partition coefficient (Wildman–Crippen LogP) is 5.37. The van der Waals surface area contributed by atoms with Crippen LogP contribution in [0.3, 0.4) is 0 Å². The Morgan fingerprint density at radius 2 is 1.55 bits per heavy atom. The number of aliphatic hydroxyl groups excluding tert-OH is 1. The van der Waals surface area contributed by atoms with Crippen LogP contribution >= 0.6 is 11.6 Å². The fraction of sp³-hybridized carbons (Fsp3) is 0.154. The molecular formula is C26H22ClNO5. The van der Waals surface area contributed by atoms with Crippen LogP contribution < -0.4 is 14.4 Å². The highest BCUT2D eigenvalue weighted by molar-refractivity contribution is 6.51. The van der Waals surface area contributed by atoms with Gasteiger partial charge in [-0.25, -0.2) is 0 Å². The first kappa shape index (κ1) is 22.4. The quantitative estimate of drug-likeness (QED) is 0.302. The minimum Gasteiger partial charge on any atom is -0.507 e. The lowest BCUT2D eigenvalue weighted by Gasteiger charge is -2.25. The molecule has 0 radical (unpaired) electrons. The second-order valence-electron chi connectivity index (χ2n) is 7.38. The average Bonchev–Trinajstić information content (AvgIpc) is 3.10. The molecule has 1 atom stereocenters. The van der Waals surface area contributed by atoms with E-state index in [-0.39, 0.29) is 11.3 Å². The van der Waals surface area contributed by atoms with Crippen molar-refractivity contribution < 1.29 is 24.2 Å². The smallest absolute Gasteiger partial charge is 0.300 e. The van der Waals surface area contributed by atoms with Crippen LogP contribution in [0.15, 0.2) is 78.4 Å². The number of carbonyl (C=O) groups excluding carboxylic acids is 2. The van der Waals surface area contributed by atoms with E-state index in [0.29, 0.717) is 39.9 Å². The molecule has 0 aliphatic carbocycles. The second kappa shape index (κ2) is 9.38. The Kier molecular flexibility index (Phi) is 6.38. The first-order valence-electron chi connectivity index (χ1n) is 10.4. The predicted molar refractivity (Wildman–Crippen MR) is 127 cm³/mol. The van der Waals surface area contributed by atoms with Gasteiger partial charge in [0.1, 0.15) is 17.3 Å². The summed E-state index contributed by atoms with van der Waals surface area (Å²) in [4.78, 5) is 27.7. The van der Waals surface area contributed by atoms with Crippen LogP contribution in [0.4, 0.5) is 5.69 Å². The van der Waals surface area contributed by atoms with Crippen molar-refractivity contribution in [2.45, 2.75) is 13.0 Å². The highest BCUT2D eigenvalue weighted by atomic mass is 35.5. The zero-order chi connectivity index (χ0) is 23.5. The third-order valence-corrected chi connectivity index (χ3v) is 5.67. The lowest BCUT2D eigenvalue weighted by Crippen LogP contribution is -2.29. The number of rotatable bonds is 6. The number of anilines is 1. The van der Waals surface area contributed by atoms with Crippen molar-refractivity contribution in [1.29, 1.82) is 0 Å². The molecule has 0 bridgehead atoms. The maximum atomic E-state index is 13.2. The minimum atomic E-state index is -0.831. The largest absolute Gasteiger partial charge is 0.507 e. The number of hydrogen-bond donors (Lipinski definition) is 1. The van der Waals surface area contributed by atoms with Crippen molar-refractivity contribution in [1.82, 2.24) is 0 Å². The Hall–Kier alpha value is -3.77. The third kappa shape index (κ3) is 4.30. The Bertz CT molecular complexity index is 1200. The number of amides is 1. The molecule has 0 aromatic heterocycles. The fourth-order valence-corrected chi connectivity index (χ4v) is 3.96. The summed E-state index contributed by atoms with van der Waals surface area (Å²) in [6.45, 7) is 2.38. The summed E-state index contributed by atoms with van der Waals surface area (Å²) in [5.74, 6) is -0.494. The summed E-state index contributed by atoms with van der Waals surface area (Å²) >= 11 is 6.06. The van der Waals surface area contributed by atoms with E-state index in [4.69, 9.17) is 21.1 Å². The number of ether oxygens (including phenoxy) is 2. The van der Waals surface area contributed by atoms with Gasteiger partial charge in [-0.3, -0.25) is 14.5 Å². The van der Waals surface area contributed by atoms with E-state index in [1.807, 2.05) is 6.92 Å². The fourth-order valence-electron chi connectivity index (χ4n) is 3.83. The van der Waals surface area contributed by atoms with Crippen LogP contribution in [0.1, 0.15) is 24.1 Å². The molecule has 7 heteroatoms. The van der Waals surface area contributed by atoms with Gasteiger partial charge < -0.3 is 14.6 Å². The van der Waals surface area contributed by atoms with Crippen molar-refractivity contribution in [3.8, 4) is 11.5 Å². The van der Waals surface area contributed by atoms with Crippen molar-refractivity contribution in [2.24, 2.45) is 0 Å². The van der Waals surface area contributed by atoms with Crippen molar-refractivity contribution in [3.63, 3.8) is 0 Å². The van der Waals surface area contributed by atoms with Crippen LogP contribution in [0.5, 0.6) is 11.5 Å². The Morgan fingerprint density at radius 1 is 0.939 bits per heavy atom. The maximum Gasteiger partial charge on any atom is 0.300 e. The van der Waals surface area contributed by atoms with Crippen LogP contribution in [0.25, 0.3) is 5.76 Å². The molecule has 1 heterocycles. The lowest BCUT2D eigenvalue weighted by atomic mass is 9.95. The molecule has 33 heavy (non-hydrogen) atoms. The average molecular weight is 464 g/mol. The molecule has 1 aliphatic rings. The van der Waals surface area contributed by atoms with Gasteiger partial charge in [0.25, 0.3) is 11.7 Å². The molecule has 0 spiro atoms. The van der Waals surface area contributed by atoms with E-state index in [1.54, 1.807) is 79.9 Å². The molecule has 168 valence electrons. The monoisotopic (exact) mass is 463 g/mol. The molecule has 1 aliphatic heterocycles. The van der Waals surface area contributed by atoms with Crippen molar-refractivity contribution in [2.75, 3.05) is 18.6 Å². The number of aliphatic hydroxyl groups is 1. The summed E-state index contributed by atoms with van der Waals surface area (Å²) in [7, 11) is 1.55. The van der Waals surface area contributed by atoms with E-state index in [2.05, 4.69) is 0 Å². The molecule has 0 saturated carbocycles. The van der Waals surface area contributed by atoms with E-state index in [1.165, 1.54) is 4.90 Å². The molecule has 3 aromatic carbocycles. The number of ketones is 1. The summed E-state index contributed by atoms with van der Waals surface area (Å²) in [6.07, 6.45) is 0. The molecule has 4 rings (SSSR count). The summed E-state index contributed by atoms with van der Waals surface area (Å²) in [6, 6.07) is 19.5. The normalized spacial score (nSPS) is 17.3. The van der Waals surface area contributed by atoms with Gasteiger partial charge in [0.15, 0.2) is 0 Å². The van der Waals surface area contributed by atoms with Gasteiger partial charge in [-0.05, 0) is 73.2 Å². The highest BCUT2D eigenvalue weighted by Gasteiger charge is 2.46. The van der Waals surface area contributed by atoms with Crippen molar-refractivity contribution in [3.05, 3.63) is 94.5 Å². The molecule has 1 N–H and O–H groups in total. The van der Waals surface area contributed by atoms with Crippen LogP contribution in [-0.4, -0.2) is 30.5 Å². The molecular weight excluding hydrogens is 442 g/mol. The molecule has 1 saturated heterocycles. The summed E-state index contributed by atoms with van der Waals surface area (Å²) < 4.78 is 10.7. The molecule has 3 aromatic rings. The van der Waals surface area contributed by atoms with Crippen LogP contribution in [0.2, 0.25) is 5.02 Å². The summed E-state index contributed by atoms with van der Waals surface area (Å²) in [5, 5.41) is 11.7. The van der Waals surface area contributed by atoms with E-state index in [0.717, 1.165) is 0 Å². The summed E-state index contributed by atoms with van der Waals surface area (Å²) in [5.41, 5.74) is 1.55. The number of benzene rings is 3. The van der Waals surface area contributed by atoms with Crippen LogP contribution in [0, 0.1) is 0 Å². The highest BCUT2D eigenvalue weighted by Crippen LogP contribution is 2.42. The Balaban J connectivity index is 1.86. The van der Waals surface area contributed by atoms with E-state index < -0.39 is 17.7 Å². The van der Waals surface area contributed by atoms with Gasteiger partial charge in [-0.15, -0.1) is 0 Å². The Labute approximate surface area is 196 Å². The molecule has 1 fully saturated rings. The number of Topliss-reactive ketones (excluding diaryl/α,β-unsaturated/α-hetero) is 1. The van der Waals surface area contributed by atoms with E-state index in [9.17, 15) is 14.7 Å². The number of nitrogens with zero attached hydrogens (tertiary/aromatic N) is 1. The Morgan fingerprint density at radius 3 is 2.12 bits per heavy atom. The van der Waals surface area contributed by atoms with Crippen molar-refractivity contribution >= 4 is 34.7 Å². The van der Waals surface area contributed by atoms with Crippen LogP contribution in [-0.2, 0) is 9.59 Å². The minimum absolute atomic E-state index is 0.00213. The van der Waals surface area contributed by atoms with Gasteiger partial charge in [0.05, 0.1) is 25.3 Å². The number of carbonyl (C=O) groups is 2. The number of hydrogen-bond acceptors (Lipinski definition) is 5. The molecule has 0 unspecified atom stereocenters. The zero-order valence-electron chi connectivity index (χ0n) is 18.1. The first-order valence-corrected chi connectivity index (χ1v) is 10.8. The third-order valence-electron chi connectivity index (χ3n) is 5.42. The van der Waals surface area contributed by atoms with Gasteiger partial charge in [0, 0.05) is 16.3 Å². The van der Waals surface area contributed by atoms with E-state index >= 15 is 0 Å². The number of methoxy groups -OCH3 is 1. The zero-order valence-corrected chi connectivity index (χ0v) is 18.9. The topological polar surface area (TPSA) is 76.1 Å². The first-order chi connectivity index (χ1) is 15.9. The maximum absolute atomic E-state index is 13.2. The van der Waals surface area contributed by atoms with Gasteiger partial charge in [-0.2, -0.15) is 0 Å². The number of halogens is 1. The molecule has 1 amide bonds. The SMILES string of the molecule is CCOc1ccc(/C(O)=C2\C(=O)C(=O)N(c3ccc(OC)cc3)[C@H]2c2ccc(Cl)cc2)cc1. The van der Waals surface area contributed by atoms with Gasteiger partial charge in [0.2, 0.25) is 0 Å². The van der Waals surface area contributed by atoms with Gasteiger partial charge >= 0.3 is 0 Å². The standard InChI is InChI=1S/C26H22ClNO5/c1-3-33-21-12-6-17(7-13-21)24(29)22-23(16-4-8-18(27)9-5-16)28(26(31)25(22)30)19-10-14-20(32-2)15-11-19/h4-15,23,29H,3H2,1-2H3/b24-22+/t23-/m0/s1. The second-order valence-corrected chi connectivity index (χ2v) is 7.81. The van der Waals surface area contributed by atoms with Gasteiger partial charge in [-0.1, -0.05) is 23.7 Å². The lowest BCUT2D eigenvalue weighted by molar-refractivity contribution is -0.132.